The third-order valence-electron chi connectivity index (χ3n) is 3.84. The van der Waals surface area contributed by atoms with Crippen molar-refractivity contribution < 1.29 is 18.5 Å². The largest absolute Gasteiger partial charge is 0.469 e. The molecule has 2 atom stereocenters. The quantitative estimate of drug-likeness (QED) is 0.701. The second kappa shape index (κ2) is 5.61. The number of esters is 1. The van der Waals surface area contributed by atoms with Gasteiger partial charge in [-0.1, -0.05) is 0 Å². The van der Waals surface area contributed by atoms with Gasteiger partial charge in [-0.2, -0.15) is 0 Å². The van der Waals surface area contributed by atoms with Gasteiger partial charge in [0.15, 0.2) is 0 Å². The summed E-state index contributed by atoms with van der Waals surface area (Å²) in [7, 11) is 0.134. The maximum atomic E-state index is 12.2. The molecule has 2 aliphatic carbocycles. The maximum absolute atomic E-state index is 12.2. The number of hydrogen-bond donors (Lipinski definition) is 1. The van der Waals surface area contributed by atoms with E-state index in [1.807, 2.05) is 0 Å². The van der Waals surface area contributed by atoms with Gasteiger partial charge in [0.25, 0.3) is 0 Å². The molecule has 2 rings (SSSR count). The number of methoxy groups -OCH3 is 1. The van der Waals surface area contributed by atoms with Crippen LogP contribution in [-0.4, -0.2) is 40.2 Å². The van der Waals surface area contributed by atoms with E-state index in [0.29, 0.717) is 12.2 Å². The van der Waals surface area contributed by atoms with Crippen LogP contribution in [0.15, 0.2) is 0 Å². The summed E-state index contributed by atoms with van der Waals surface area (Å²) in [6, 6.07) is 0.289. The van der Waals surface area contributed by atoms with Crippen LogP contribution in [0.2, 0.25) is 0 Å². The van der Waals surface area contributed by atoms with Crippen molar-refractivity contribution in [2.75, 3.05) is 12.9 Å². The second-order valence-corrected chi connectivity index (χ2v) is 7.46. The lowest BCUT2D eigenvalue weighted by atomic mass is 10.1. The molecule has 0 heterocycles. The number of hydrogen-bond acceptors (Lipinski definition) is 4. The molecule has 2 aliphatic rings. The molecule has 0 aromatic heterocycles. The van der Waals surface area contributed by atoms with E-state index < -0.39 is 16.0 Å². The number of nitrogens with one attached hydrogen (secondary N) is 1. The minimum atomic E-state index is -1.23. The van der Waals surface area contributed by atoms with Crippen molar-refractivity contribution in [1.82, 2.24) is 5.32 Å². The first-order valence-corrected chi connectivity index (χ1v) is 8.08. The van der Waals surface area contributed by atoms with Gasteiger partial charge in [-0.15, -0.1) is 0 Å². The van der Waals surface area contributed by atoms with Crippen LogP contribution < -0.4 is 5.32 Å². The van der Waals surface area contributed by atoms with E-state index >= 15 is 0 Å². The summed E-state index contributed by atoms with van der Waals surface area (Å²) in [5.41, 5.74) is -0.188. The van der Waals surface area contributed by atoms with Crippen LogP contribution in [0, 0.1) is 5.41 Å². The Hall–Kier alpha value is -0.910. The molecular formula is C13H21NO4S. The average Bonchev–Trinajstić information content (AvgIpc) is 3.27. The maximum Gasteiger partial charge on any atom is 0.306 e. The lowest BCUT2D eigenvalue weighted by molar-refractivity contribution is -0.141. The molecule has 6 heteroatoms. The van der Waals surface area contributed by atoms with Crippen molar-refractivity contribution in [3.63, 3.8) is 0 Å². The molecule has 2 unspecified atom stereocenters. The SMILES string of the molecule is COC(=O)CC1(CS(=O)C(C)C(=O)NC2CC2)CC1. The highest BCUT2D eigenvalue weighted by Crippen LogP contribution is 2.49. The molecular weight excluding hydrogens is 266 g/mol. The van der Waals surface area contributed by atoms with Gasteiger partial charge in [0, 0.05) is 22.6 Å². The minimum Gasteiger partial charge on any atom is -0.469 e. The van der Waals surface area contributed by atoms with Crippen molar-refractivity contribution in [1.29, 1.82) is 0 Å². The molecule has 19 heavy (non-hydrogen) atoms. The molecule has 1 N–H and O–H groups in total. The lowest BCUT2D eigenvalue weighted by Gasteiger charge is -2.17. The van der Waals surface area contributed by atoms with Crippen LogP contribution in [0.4, 0.5) is 0 Å². The summed E-state index contributed by atoms with van der Waals surface area (Å²) in [6.07, 6.45) is 4.15. The predicted octanol–water partition coefficient (Wildman–Crippen LogP) is 0.745. The topological polar surface area (TPSA) is 72.5 Å². The smallest absolute Gasteiger partial charge is 0.306 e. The Kier molecular flexibility index (Phi) is 4.28. The van der Waals surface area contributed by atoms with Crippen LogP contribution in [0.3, 0.4) is 0 Å². The highest BCUT2D eigenvalue weighted by Gasteiger charge is 2.47. The second-order valence-electron chi connectivity index (χ2n) is 5.70. The van der Waals surface area contributed by atoms with E-state index in [-0.39, 0.29) is 23.3 Å². The Morgan fingerprint density at radius 1 is 1.42 bits per heavy atom. The van der Waals surface area contributed by atoms with Crippen molar-refractivity contribution in [3.05, 3.63) is 0 Å². The summed E-state index contributed by atoms with van der Waals surface area (Å²) in [5.74, 6) is 0.0285. The van der Waals surface area contributed by atoms with Crippen LogP contribution in [0.1, 0.15) is 39.0 Å². The minimum absolute atomic E-state index is 0.130. The van der Waals surface area contributed by atoms with Gasteiger partial charge in [-0.3, -0.25) is 13.8 Å². The monoisotopic (exact) mass is 287 g/mol. The summed E-state index contributed by atoms with van der Waals surface area (Å²) < 4.78 is 16.9. The molecule has 5 nitrogen and oxygen atoms in total. The summed E-state index contributed by atoms with van der Waals surface area (Å²) in [5, 5.41) is 2.37. The van der Waals surface area contributed by atoms with Gasteiger partial charge in [0.05, 0.1) is 13.5 Å². The molecule has 2 fully saturated rings. The summed E-state index contributed by atoms with van der Waals surface area (Å²) in [4.78, 5) is 23.1. The fourth-order valence-electron chi connectivity index (χ4n) is 2.02. The Morgan fingerprint density at radius 3 is 2.53 bits per heavy atom. The first-order chi connectivity index (χ1) is 8.96. The van der Waals surface area contributed by atoms with Crippen molar-refractivity contribution >= 4 is 22.7 Å². The van der Waals surface area contributed by atoms with E-state index in [0.717, 1.165) is 25.7 Å². The molecule has 108 valence electrons. The molecule has 0 aromatic rings. The number of rotatable bonds is 7. The molecule has 0 spiro atoms. The molecule has 0 saturated heterocycles. The van der Waals surface area contributed by atoms with Gasteiger partial charge in [-0.25, -0.2) is 0 Å². The number of ether oxygens (including phenoxy) is 1. The highest BCUT2D eigenvalue weighted by molar-refractivity contribution is 7.86. The summed E-state index contributed by atoms with van der Waals surface area (Å²) in [6.45, 7) is 1.70. The summed E-state index contributed by atoms with van der Waals surface area (Å²) >= 11 is 0. The van der Waals surface area contributed by atoms with E-state index in [1.54, 1.807) is 6.92 Å². The van der Waals surface area contributed by atoms with Crippen molar-refractivity contribution in [3.8, 4) is 0 Å². The average molecular weight is 287 g/mol. The van der Waals surface area contributed by atoms with Crippen LogP contribution >= 0.6 is 0 Å². The first kappa shape index (κ1) is 14.5. The Balaban J connectivity index is 1.82. The molecule has 0 aromatic carbocycles. The van der Waals surface area contributed by atoms with Gasteiger partial charge in [0.1, 0.15) is 5.25 Å². The predicted molar refractivity (Wildman–Crippen MR) is 71.9 cm³/mol. The molecule has 0 bridgehead atoms. The normalized spacial score (nSPS) is 23.3. The van der Waals surface area contributed by atoms with Crippen LogP contribution in [0.5, 0.6) is 0 Å². The van der Waals surface area contributed by atoms with Gasteiger partial charge in [0.2, 0.25) is 5.91 Å². The Morgan fingerprint density at radius 2 is 2.05 bits per heavy atom. The zero-order valence-corrected chi connectivity index (χ0v) is 12.3. The zero-order chi connectivity index (χ0) is 14.0. The number of carbonyl (C=O) groups is 2. The first-order valence-electron chi connectivity index (χ1n) is 6.70. The van der Waals surface area contributed by atoms with Crippen LogP contribution in [-0.2, 0) is 25.1 Å². The number of carbonyl (C=O) groups excluding carboxylic acids is 2. The Labute approximate surface area is 115 Å². The third-order valence-corrected chi connectivity index (χ3v) is 5.74. The molecule has 2 saturated carbocycles. The molecule has 0 aliphatic heterocycles. The van der Waals surface area contributed by atoms with E-state index in [9.17, 15) is 13.8 Å². The third kappa shape index (κ3) is 4.03. The van der Waals surface area contributed by atoms with Crippen LogP contribution in [0.25, 0.3) is 0 Å². The van der Waals surface area contributed by atoms with E-state index in [1.165, 1.54) is 7.11 Å². The van der Waals surface area contributed by atoms with Gasteiger partial charge in [-0.05, 0) is 38.0 Å². The number of amides is 1. The lowest BCUT2D eigenvalue weighted by Crippen LogP contribution is -2.38. The fourth-order valence-corrected chi connectivity index (χ4v) is 3.57. The Bertz CT molecular complexity index is 401. The fraction of sp³-hybridized carbons (Fsp3) is 0.846. The van der Waals surface area contributed by atoms with E-state index in [2.05, 4.69) is 10.1 Å². The van der Waals surface area contributed by atoms with Crippen molar-refractivity contribution in [2.24, 2.45) is 5.41 Å². The zero-order valence-electron chi connectivity index (χ0n) is 11.4. The van der Waals surface area contributed by atoms with Gasteiger partial charge >= 0.3 is 5.97 Å². The highest BCUT2D eigenvalue weighted by atomic mass is 32.2. The van der Waals surface area contributed by atoms with E-state index in [4.69, 9.17) is 0 Å². The molecule has 1 amide bonds. The van der Waals surface area contributed by atoms with Crippen molar-refractivity contribution in [2.45, 2.75) is 50.3 Å². The standard InChI is InChI=1S/C13H21NO4S/c1-9(12(16)14-10-3-4-10)19(17)8-13(5-6-13)7-11(15)18-2/h9-10H,3-8H2,1-2H3,(H,14,16). The molecule has 0 radical (unpaired) electrons. The van der Waals surface area contributed by atoms with Gasteiger partial charge < -0.3 is 10.1 Å².